The summed E-state index contributed by atoms with van der Waals surface area (Å²) in [4.78, 5) is 4.02. The van der Waals surface area contributed by atoms with E-state index in [4.69, 9.17) is 5.73 Å². The first-order valence-corrected chi connectivity index (χ1v) is 5.69. The maximum absolute atomic E-state index is 5.79. The van der Waals surface area contributed by atoms with E-state index in [0.717, 1.165) is 16.9 Å². The summed E-state index contributed by atoms with van der Waals surface area (Å²) >= 11 is 0. The summed E-state index contributed by atoms with van der Waals surface area (Å²) in [6.07, 6.45) is 3.61. The average Bonchev–Trinajstić information content (AvgIpc) is 2.35. The van der Waals surface area contributed by atoms with E-state index < -0.39 is 0 Å². The first-order chi connectivity index (χ1) is 8.16. The highest BCUT2D eigenvalue weighted by Crippen LogP contribution is 2.21. The van der Waals surface area contributed by atoms with E-state index in [1.165, 1.54) is 5.56 Å². The number of rotatable bonds is 3. The second-order valence-electron chi connectivity index (χ2n) is 4.22. The summed E-state index contributed by atoms with van der Waals surface area (Å²) in [6.45, 7) is 4.14. The van der Waals surface area contributed by atoms with Crippen molar-refractivity contribution >= 4 is 11.4 Å². The van der Waals surface area contributed by atoms with Crippen molar-refractivity contribution in [1.82, 2.24) is 4.98 Å². The molecule has 0 fully saturated rings. The quantitative estimate of drug-likeness (QED) is 0.792. The molecule has 2 aromatic rings. The van der Waals surface area contributed by atoms with Crippen LogP contribution in [-0.2, 0) is 0 Å². The Kier molecular flexibility index (Phi) is 3.28. The summed E-state index contributed by atoms with van der Waals surface area (Å²) < 4.78 is 0. The van der Waals surface area contributed by atoms with Crippen LogP contribution in [0.3, 0.4) is 0 Å². The Hall–Kier alpha value is -2.03. The zero-order chi connectivity index (χ0) is 12.3. The number of hydrogen-bond acceptors (Lipinski definition) is 3. The minimum atomic E-state index is 0.251. The molecule has 0 radical (unpaired) electrons. The van der Waals surface area contributed by atoms with E-state index in [1.54, 1.807) is 0 Å². The molecule has 0 saturated carbocycles. The van der Waals surface area contributed by atoms with Crippen LogP contribution < -0.4 is 11.1 Å². The molecular weight excluding hydrogens is 210 g/mol. The Morgan fingerprint density at radius 2 is 1.88 bits per heavy atom. The number of nitrogens with zero attached hydrogens (tertiary/aromatic N) is 1. The van der Waals surface area contributed by atoms with Gasteiger partial charge in [0.15, 0.2) is 0 Å². The smallest absolute Gasteiger partial charge is 0.0486 e. The Bertz CT molecular complexity index is 494. The van der Waals surface area contributed by atoms with Gasteiger partial charge in [-0.3, -0.25) is 4.98 Å². The third kappa shape index (κ3) is 2.75. The Balaban J connectivity index is 2.13. The number of nitrogen functional groups attached to an aromatic ring is 1. The minimum absolute atomic E-state index is 0.251. The van der Waals surface area contributed by atoms with E-state index in [0.29, 0.717) is 0 Å². The molecule has 1 aromatic carbocycles. The molecular formula is C14H17N3. The molecule has 0 bridgehead atoms. The van der Waals surface area contributed by atoms with Crippen LogP contribution in [-0.4, -0.2) is 4.98 Å². The van der Waals surface area contributed by atoms with E-state index >= 15 is 0 Å². The molecule has 1 unspecified atom stereocenters. The lowest BCUT2D eigenvalue weighted by atomic mass is 10.1. The fourth-order valence-corrected chi connectivity index (χ4v) is 1.75. The van der Waals surface area contributed by atoms with Crippen molar-refractivity contribution in [3.8, 4) is 0 Å². The van der Waals surface area contributed by atoms with Gasteiger partial charge in [-0.1, -0.05) is 0 Å². The molecule has 3 nitrogen and oxygen atoms in total. The lowest BCUT2D eigenvalue weighted by Gasteiger charge is -2.16. The molecule has 2 rings (SSSR count). The highest BCUT2D eigenvalue weighted by atomic mass is 14.9. The van der Waals surface area contributed by atoms with Gasteiger partial charge in [-0.2, -0.15) is 0 Å². The van der Waals surface area contributed by atoms with Gasteiger partial charge in [-0.15, -0.1) is 0 Å². The normalized spacial score (nSPS) is 12.1. The second-order valence-corrected chi connectivity index (χ2v) is 4.22. The monoisotopic (exact) mass is 227 g/mol. The van der Waals surface area contributed by atoms with Gasteiger partial charge in [0.05, 0.1) is 0 Å². The summed E-state index contributed by atoms with van der Waals surface area (Å²) in [5, 5.41) is 3.44. The van der Waals surface area contributed by atoms with Crippen LogP contribution in [0.4, 0.5) is 11.4 Å². The molecule has 88 valence electrons. The molecule has 3 heteroatoms. The molecule has 17 heavy (non-hydrogen) atoms. The highest BCUT2D eigenvalue weighted by molar-refractivity contribution is 5.57. The number of aromatic nitrogens is 1. The van der Waals surface area contributed by atoms with Crippen LogP contribution in [0.15, 0.2) is 42.7 Å². The molecule has 1 heterocycles. The number of nitrogens with two attached hydrogens (primary N) is 1. The van der Waals surface area contributed by atoms with Crippen molar-refractivity contribution in [2.24, 2.45) is 0 Å². The van der Waals surface area contributed by atoms with Crippen molar-refractivity contribution in [1.29, 1.82) is 0 Å². The molecule has 0 amide bonds. The highest BCUT2D eigenvalue weighted by Gasteiger charge is 2.05. The summed E-state index contributed by atoms with van der Waals surface area (Å²) in [5.41, 5.74) is 10.0. The summed E-state index contributed by atoms with van der Waals surface area (Å²) in [5.74, 6) is 0. The third-order valence-electron chi connectivity index (χ3n) is 2.86. The van der Waals surface area contributed by atoms with Gasteiger partial charge in [0.25, 0.3) is 0 Å². The molecule has 1 atom stereocenters. The van der Waals surface area contributed by atoms with Gasteiger partial charge in [0, 0.05) is 29.8 Å². The molecule has 0 aliphatic rings. The minimum Gasteiger partial charge on any atom is -0.399 e. The standard InChI is InChI=1S/C14H17N3/c1-10-9-13(3-4-14(10)15)17-11(2)12-5-7-16-8-6-12/h3-9,11,17H,15H2,1-2H3. The Morgan fingerprint density at radius 3 is 2.53 bits per heavy atom. The number of nitrogens with one attached hydrogen (secondary N) is 1. The zero-order valence-corrected chi connectivity index (χ0v) is 10.1. The molecule has 0 spiro atoms. The van der Waals surface area contributed by atoms with Crippen LogP contribution in [0.5, 0.6) is 0 Å². The van der Waals surface area contributed by atoms with Gasteiger partial charge in [-0.25, -0.2) is 0 Å². The van der Waals surface area contributed by atoms with E-state index in [-0.39, 0.29) is 6.04 Å². The van der Waals surface area contributed by atoms with Gasteiger partial charge in [0.1, 0.15) is 0 Å². The fourth-order valence-electron chi connectivity index (χ4n) is 1.75. The largest absolute Gasteiger partial charge is 0.399 e. The van der Waals surface area contributed by atoms with Gasteiger partial charge in [-0.05, 0) is 55.3 Å². The van der Waals surface area contributed by atoms with Gasteiger partial charge < -0.3 is 11.1 Å². The third-order valence-corrected chi connectivity index (χ3v) is 2.86. The number of benzene rings is 1. The van der Waals surface area contributed by atoms with Crippen LogP contribution in [0.2, 0.25) is 0 Å². The predicted molar refractivity (Wildman–Crippen MR) is 71.9 cm³/mol. The fraction of sp³-hybridized carbons (Fsp3) is 0.214. The number of anilines is 2. The first-order valence-electron chi connectivity index (χ1n) is 5.69. The van der Waals surface area contributed by atoms with E-state index in [2.05, 4.69) is 23.3 Å². The summed E-state index contributed by atoms with van der Waals surface area (Å²) in [6, 6.07) is 10.3. The second kappa shape index (κ2) is 4.87. The number of pyridine rings is 1. The van der Waals surface area contributed by atoms with E-state index in [1.807, 2.05) is 43.6 Å². The lowest BCUT2D eigenvalue weighted by molar-refractivity contribution is 0.880. The lowest BCUT2D eigenvalue weighted by Crippen LogP contribution is -2.06. The first kappa shape index (κ1) is 11.5. The van der Waals surface area contributed by atoms with Crippen LogP contribution in [0, 0.1) is 6.92 Å². The zero-order valence-electron chi connectivity index (χ0n) is 10.1. The van der Waals surface area contributed by atoms with Gasteiger partial charge in [0.2, 0.25) is 0 Å². The average molecular weight is 227 g/mol. The maximum atomic E-state index is 5.79. The van der Waals surface area contributed by atoms with Crippen molar-refractivity contribution in [2.75, 3.05) is 11.1 Å². The number of hydrogen-bond donors (Lipinski definition) is 2. The SMILES string of the molecule is Cc1cc(NC(C)c2ccncc2)ccc1N. The van der Waals surface area contributed by atoms with Crippen molar-refractivity contribution in [3.63, 3.8) is 0 Å². The van der Waals surface area contributed by atoms with Crippen molar-refractivity contribution in [2.45, 2.75) is 19.9 Å². The van der Waals surface area contributed by atoms with Crippen LogP contribution in [0.25, 0.3) is 0 Å². The van der Waals surface area contributed by atoms with Crippen LogP contribution >= 0.6 is 0 Å². The molecule has 0 aliphatic heterocycles. The van der Waals surface area contributed by atoms with Crippen molar-refractivity contribution in [3.05, 3.63) is 53.9 Å². The predicted octanol–water partition coefficient (Wildman–Crippen LogP) is 3.15. The van der Waals surface area contributed by atoms with E-state index in [9.17, 15) is 0 Å². The van der Waals surface area contributed by atoms with Crippen molar-refractivity contribution < 1.29 is 0 Å². The van der Waals surface area contributed by atoms with Crippen LogP contribution in [0.1, 0.15) is 24.1 Å². The Labute approximate surface area is 102 Å². The maximum Gasteiger partial charge on any atom is 0.0486 e. The molecule has 0 saturated heterocycles. The Morgan fingerprint density at radius 1 is 1.18 bits per heavy atom. The molecule has 0 aliphatic carbocycles. The van der Waals surface area contributed by atoms with Gasteiger partial charge >= 0.3 is 0 Å². The summed E-state index contributed by atoms with van der Waals surface area (Å²) in [7, 11) is 0. The molecule has 1 aromatic heterocycles. The topological polar surface area (TPSA) is 50.9 Å². The molecule has 3 N–H and O–H groups in total. The number of aryl methyl sites for hydroxylation is 1.